The molecule has 2 aliphatic heterocycles. The van der Waals surface area contributed by atoms with Crippen molar-refractivity contribution in [1.29, 1.82) is 0 Å². The van der Waals surface area contributed by atoms with Gasteiger partial charge in [0.2, 0.25) is 0 Å². The molecule has 2 aromatic rings. The first kappa shape index (κ1) is 21.2. The fraction of sp³-hybridized carbons (Fsp3) is 0.400. The van der Waals surface area contributed by atoms with Crippen LogP contribution < -0.4 is 5.32 Å². The Bertz CT molecular complexity index is 994. The standard InChI is InChI=1S/C25H29N3O3/c1-25(2,27-13-7-4-8-14-27)17-26-22(29)19-11-12-20-21(15-19)24(31)28(23(20)30)16-18-9-5-3-6-10-18/h3,5-6,9-12,15H,4,7-8,13-14,16-17H2,1-2H3,(H,26,29). The predicted octanol–water partition coefficient (Wildman–Crippen LogP) is 3.48. The molecule has 0 aliphatic carbocycles. The number of hydrogen-bond acceptors (Lipinski definition) is 4. The van der Waals surface area contributed by atoms with Crippen molar-refractivity contribution < 1.29 is 14.4 Å². The lowest BCUT2D eigenvalue weighted by atomic mass is 9.98. The van der Waals surface area contributed by atoms with Crippen LogP contribution in [0.3, 0.4) is 0 Å². The van der Waals surface area contributed by atoms with E-state index >= 15 is 0 Å². The van der Waals surface area contributed by atoms with Gasteiger partial charge in [-0.25, -0.2) is 0 Å². The molecule has 2 heterocycles. The molecular weight excluding hydrogens is 390 g/mol. The molecule has 0 aromatic heterocycles. The molecule has 2 aromatic carbocycles. The Morgan fingerprint density at radius 1 is 0.935 bits per heavy atom. The lowest BCUT2D eigenvalue weighted by Gasteiger charge is -2.41. The lowest BCUT2D eigenvalue weighted by Crippen LogP contribution is -2.53. The highest BCUT2D eigenvalue weighted by Crippen LogP contribution is 2.26. The van der Waals surface area contributed by atoms with Gasteiger partial charge in [-0.15, -0.1) is 0 Å². The molecule has 6 nitrogen and oxygen atoms in total. The minimum absolute atomic E-state index is 0.134. The highest BCUT2D eigenvalue weighted by molar-refractivity contribution is 6.22. The van der Waals surface area contributed by atoms with Gasteiger partial charge in [0.15, 0.2) is 0 Å². The molecule has 6 heteroatoms. The predicted molar refractivity (Wildman–Crippen MR) is 119 cm³/mol. The molecule has 0 atom stereocenters. The summed E-state index contributed by atoms with van der Waals surface area (Å²) >= 11 is 0. The number of imide groups is 1. The number of likely N-dealkylation sites (tertiary alicyclic amines) is 1. The lowest BCUT2D eigenvalue weighted by molar-refractivity contribution is 0.0642. The van der Waals surface area contributed by atoms with Crippen LogP contribution in [-0.4, -0.2) is 52.7 Å². The van der Waals surface area contributed by atoms with E-state index in [9.17, 15) is 14.4 Å². The van der Waals surface area contributed by atoms with Gasteiger partial charge in [-0.2, -0.15) is 0 Å². The zero-order chi connectivity index (χ0) is 22.0. The van der Waals surface area contributed by atoms with Gasteiger partial charge in [0.1, 0.15) is 0 Å². The van der Waals surface area contributed by atoms with E-state index in [1.54, 1.807) is 18.2 Å². The van der Waals surface area contributed by atoms with Crippen LogP contribution in [0.2, 0.25) is 0 Å². The van der Waals surface area contributed by atoms with Crippen molar-refractivity contribution in [3.63, 3.8) is 0 Å². The van der Waals surface area contributed by atoms with E-state index in [2.05, 4.69) is 24.1 Å². The quantitative estimate of drug-likeness (QED) is 0.728. The van der Waals surface area contributed by atoms with E-state index in [4.69, 9.17) is 0 Å². The third kappa shape index (κ3) is 4.39. The monoisotopic (exact) mass is 419 g/mol. The Hall–Kier alpha value is -2.99. The Labute approximate surface area is 183 Å². The number of carbonyl (C=O) groups excluding carboxylic acids is 3. The number of rotatable bonds is 6. The van der Waals surface area contributed by atoms with Crippen molar-refractivity contribution in [2.45, 2.75) is 45.2 Å². The van der Waals surface area contributed by atoms with Gasteiger partial charge in [-0.3, -0.25) is 24.2 Å². The fourth-order valence-corrected chi connectivity index (χ4v) is 4.35. The summed E-state index contributed by atoms with van der Waals surface area (Å²) in [7, 11) is 0. The largest absolute Gasteiger partial charge is 0.350 e. The number of benzene rings is 2. The van der Waals surface area contributed by atoms with Gasteiger partial charge >= 0.3 is 0 Å². The molecule has 2 aliphatic rings. The van der Waals surface area contributed by atoms with Crippen LogP contribution in [0.15, 0.2) is 48.5 Å². The number of fused-ring (bicyclic) bond motifs is 1. The molecule has 162 valence electrons. The van der Waals surface area contributed by atoms with Crippen molar-refractivity contribution in [2.24, 2.45) is 0 Å². The second kappa shape index (κ2) is 8.63. The summed E-state index contributed by atoms with van der Waals surface area (Å²) in [6.07, 6.45) is 3.65. The summed E-state index contributed by atoms with van der Waals surface area (Å²) < 4.78 is 0. The molecule has 4 rings (SSSR count). The van der Waals surface area contributed by atoms with Gasteiger partial charge in [-0.1, -0.05) is 36.8 Å². The van der Waals surface area contributed by atoms with Crippen LogP contribution in [0, 0.1) is 0 Å². The van der Waals surface area contributed by atoms with Crippen LogP contribution in [0.25, 0.3) is 0 Å². The Morgan fingerprint density at radius 2 is 1.61 bits per heavy atom. The minimum atomic E-state index is -0.354. The van der Waals surface area contributed by atoms with Crippen molar-refractivity contribution in [3.8, 4) is 0 Å². The van der Waals surface area contributed by atoms with Crippen molar-refractivity contribution in [2.75, 3.05) is 19.6 Å². The first-order valence-electron chi connectivity index (χ1n) is 10.9. The van der Waals surface area contributed by atoms with E-state index in [1.807, 2.05) is 30.3 Å². The first-order valence-corrected chi connectivity index (χ1v) is 10.9. The van der Waals surface area contributed by atoms with Crippen molar-refractivity contribution in [1.82, 2.24) is 15.1 Å². The summed E-state index contributed by atoms with van der Waals surface area (Å²) in [5.41, 5.74) is 1.80. The Kier molecular flexibility index (Phi) is 5.92. The van der Waals surface area contributed by atoms with E-state index < -0.39 is 0 Å². The smallest absolute Gasteiger partial charge is 0.261 e. The SMILES string of the molecule is CC(C)(CNC(=O)c1ccc2c(c1)C(=O)N(Cc1ccccc1)C2=O)N1CCCCC1. The summed E-state index contributed by atoms with van der Waals surface area (Å²) in [5.74, 6) is -0.899. The van der Waals surface area contributed by atoms with Gasteiger partial charge in [0.25, 0.3) is 17.7 Å². The molecule has 1 saturated heterocycles. The number of amides is 3. The molecular formula is C25H29N3O3. The molecule has 31 heavy (non-hydrogen) atoms. The summed E-state index contributed by atoms with van der Waals surface area (Å²) in [6.45, 7) is 7.13. The van der Waals surface area contributed by atoms with E-state index in [-0.39, 0.29) is 29.8 Å². The third-order valence-electron chi connectivity index (χ3n) is 6.31. The second-order valence-electron chi connectivity index (χ2n) is 8.99. The van der Waals surface area contributed by atoms with E-state index in [0.29, 0.717) is 23.2 Å². The van der Waals surface area contributed by atoms with Crippen LogP contribution in [0.1, 0.15) is 69.7 Å². The molecule has 0 radical (unpaired) electrons. The highest BCUT2D eigenvalue weighted by atomic mass is 16.2. The maximum atomic E-state index is 12.9. The van der Waals surface area contributed by atoms with Gasteiger partial charge in [0.05, 0.1) is 17.7 Å². The fourth-order valence-electron chi connectivity index (χ4n) is 4.35. The maximum Gasteiger partial charge on any atom is 0.261 e. The van der Waals surface area contributed by atoms with Crippen LogP contribution >= 0.6 is 0 Å². The zero-order valence-corrected chi connectivity index (χ0v) is 18.2. The van der Waals surface area contributed by atoms with Gasteiger partial charge in [0, 0.05) is 17.6 Å². The molecule has 1 N–H and O–H groups in total. The molecule has 0 bridgehead atoms. The third-order valence-corrected chi connectivity index (χ3v) is 6.31. The summed E-state index contributed by atoms with van der Waals surface area (Å²) in [6, 6.07) is 14.2. The average Bonchev–Trinajstić information content (AvgIpc) is 3.03. The Morgan fingerprint density at radius 3 is 2.32 bits per heavy atom. The topological polar surface area (TPSA) is 69.7 Å². The number of piperidine rings is 1. The number of carbonyl (C=O) groups is 3. The van der Waals surface area contributed by atoms with Gasteiger partial charge < -0.3 is 5.32 Å². The van der Waals surface area contributed by atoms with Crippen LogP contribution in [0.5, 0.6) is 0 Å². The number of nitrogens with one attached hydrogen (secondary N) is 1. The normalized spacial score (nSPS) is 17.0. The summed E-state index contributed by atoms with van der Waals surface area (Å²) in [4.78, 5) is 42.1. The van der Waals surface area contributed by atoms with E-state index in [1.165, 1.54) is 24.2 Å². The van der Waals surface area contributed by atoms with Gasteiger partial charge in [-0.05, 0) is 63.5 Å². The highest BCUT2D eigenvalue weighted by Gasteiger charge is 2.36. The number of nitrogens with zero attached hydrogens (tertiary/aromatic N) is 2. The van der Waals surface area contributed by atoms with Crippen LogP contribution in [0.4, 0.5) is 0 Å². The number of hydrogen-bond donors (Lipinski definition) is 1. The molecule has 0 saturated carbocycles. The molecule has 3 amide bonds. The Balaban J connectivity index is 1.44. The summed E-state index contributed by atoms with van der Waals surface area (Å²) in [5, 5.41) is 3.01. The van der Waals surface area contributed by atoms with E-state index in [0.717, 1.165) is 18.7 Å². The molecule has 1 fully saturated rings. The average molecular weight is 420 g/mol. The minimum Gasteiger partial charge on any atom is -0.350 e. The zero-order valence-electron chi connectivity index (χ0n) is 18.2. The molecule has 0 unspecified atom stereocenters. The second-order valence-corrected chi connectivity index (χ2v) is 8.99. The van der Waals surface area contributed by atoms with Crippen molar-refractivity contribution >= 4 is 17.7 Å². The molecule has 0 spiro atoms. The van der Waals surface area contributed by atoms with Crippen LogP contribution in [-0.2, 0) is 6.54 Å². The maximum absolute atomic E-state index is 12.9. The van der Waals surface area contributed by atoms with Crippen molar-refractivity contribution in [3.05, 3.63) is 70.8 Å². The first-order chi connectivity index (χ1) is 14.9.